The average Bonchev–Trinajstić information content (AvgIpc) is 3.46. The largest absolute Gasteiger partial charge is 0.469 e. The van der Waals surface area contributed by atoms with Gasteiger partial charge in [-0.1, -0.05) is 24.3 Å². The number of piperidine rings is 2. The summed E-state index contributed by atoms with van der Waals surface area (Å²) >= 11 is 0. The molecule has 0 radical (unpaired) electrons. The minimum Gasteiger partial charge on any atom is -0.469 e. The molecule has 11 heteroatoms. The topological polar surface area (TPSA) is 115 Å². The van der Waals surface area contributed by atoms with Gasteiger partial charge in [-0.2, -0.15) is 0 Å². The zero-order chi connectivity index (χ0) is 35.0. The zero-order valence-corrected chi connectivity index (χ0v) is 29.8. The molecule has 3 heterocycles. The van der Waals surface area contributed by atoms with Crippen LogP contribution in [0, 0.1) is 5.92 Å². The van der Waals surface area contributed by atoms with Gasteiger partial charge in [0.05, 0.1) is 24.1 Å². The molecule has 0 saturated carbocycles. The summed E-state index contributed by atoms with van der Waals surface area (Å²) in [6.45, 7) is 9.81. The molecule has 1 aromatic heterocycles. The summed E-state index contributed by atoms with van der Waals surface area (Å²) in [4.78, 5) is 48.1. The summed E-state index contributed by atoms with van der Waals surface area (Å²) in [6, 6.07) is 16.0. The first-order valence-electron chi connectivity index (χ1n) is 17.7. The molecule has 1 N–H and O–H groups in total. The first-order chi connectivity index (χ1) is 23.5. The lowest BCUT2D eigenvalue weighted by Crippen LogP contribution is -2.46. The molecule has 266 valence electrons. The van der Waals surface area contributed by atoms with Gasteiger partial charge in [-0.25, -0.2) is 9.78 Å². The second-order valence-electron chi connectivity index (χ2n) is 14.3. The number of alkyl carbamates (subject to hydrolysis) is 1. The fourth-order valence-electron chi connectivity index (χ4n) is 7.08. The van der Waals surface area contributed by atoms with E-state index in [-0.39, 0.29) is 30.1 Å². The second kappa shape index (κ2) is 16.5. The number of nitrogens with zero attached hydrogens (tertiary/aromatic N) is 4. The normalized spacial score (nSPS) is 17.9. The van der Waals surface area contributed by atoms with Crippen molar-refractivity contribution in [3.8, 4) is 0 Å². The molecule has 11 nitrogen and oxygen atoms in total. The van der Waals surface area contributed by atoms with Gasteiger partial charge in [0.25, 0.3) is 0 Å². The van der Waals surface area contributed by atoms with Gasteiger partial charge >= 0.3 is 12.1 Å². The summed E-state index contributed by atoms with van der Waals surface area (Å²) in [5.74, 6) is 0.974. The molecular weight excluding hydrogens is 622 g/mol. The van der Waals surface area contributed by atoms with Crippen molar-refractivity contribution in [2.45, 2.75) is 89.8 Å². The zero-order valence-electron chi connectivity index (χ0n) is 29.8. The smallest absolute Gasteiger partial charge is 0.407 e. The Morgan fingerprint density at radius 1 is 0.980 bits per heavy atom. The van der Waals surface area contributed by atoms with E-state index in [4.69, 9.17) is 19.2 Å². The summed E-state index contributed by atoms with van der Waals surface area (Å²) in [5, 5.41) is 3.00. The van der Waals surface area contributed by atoms with Gasteiger partial charge in [0.1, 0.15) is 11.4 Å². The number of benzene rings is 2. The van der Waals surface area contributed by atoms with Gasteiger partial charge in [-0.3, -0.25) is 9.59 Å². The van der Waals surface area contributed by atoms with Gasteiger partial charge < -0.3 is 33.9 Å². The average molecular weight is 676 g/mol. The van der Waals surface area contributed by atoms with Crippen molar-refractivity contribution in [1.29, 1.82) is 0 Å². The predicted octanol–water partition coefficient (Wildman–Crippen LogP) is 5.69. The number of ether oxygens (including phenoxy) is 3. The standard InChI is InChI=1S/C38H53N5O6/c1-38(2,3)49-37(46)39-30(24-27-13-15-31(16-14-27)41-21-17-28(18-22-41)36(45)48-5)25-34(44)42-19-8-10-29(26-42)35-40-32-11-6-7-12-33(32)43(35)20-9-23-47-4/h6-7,11-16,28-30H,8-10,17-26H2,1-5H3,(H,39,46)/t29-,30-/m1/s1. The van der Waals surface area contributed by atoms with Crippen LogP contribution in [-0.2, 0) is 36.8 Å². The molecule has 5 rings (SSSR count). The van der Waals surface area contributed by atoms with Crippen molar-refractivity contribution in [1.82, 2.24) is 19.8 Å². The number of likely N-dealkylation sites (tertiary alicyclic amines) is 1. The van der Waals surface area contributed by atoms with Crippen LogP contribution in [0.3, 0.4) is 0 Å². The van der Waals surface area contributed by atoms with Gasteiger partial charge in [0.15, 0.2) is 0 Å². The van der Waals surface area contributed by atoms with Crippen LogP contribution in [0.1, 0.15) is 76.6 Å². The van der Waals surface area contributed by atoms with Crippen LogP contribution >= 0.6 is 0 Å². The Morgan fingerprint density at radius 3 is 2.41 bits per heavy atom. The number of hydrogen-bond acceptors (Lipinski definition) is 8. The van der Waals surface area contributed by atoms with Gasteiger partial charge in [0.2, 0.25) is 5.91 Å². The summed E-state index contributed by atoms with van der Waals surface area (Å²) in [5.41, 5.74) is 3.53. The maximum Gasteiger partial charge on any atom is 0.407 e. The van der Waals surface area contributed by atoms with E-state index in [0.717, 1.165) is 79.8 Å². The Morgan fingerprint density at radius 2 is 1.71 bits per heavy atom. The number of methoxy groups -OCH3 is 2. The van der Waals surface area contributed by atoms with Crippen molar-refractivity contribution in [2.24, 2.45) is 5.92 Å². The summed E-state index contributed by atoms with van der Waals surface area (Å²) in [6.07, 6.45) is 4.39. The highest BCUT2D eigenvalue weighted by molar-refractivity contribution is 5.79. The van der Waals surface area contributed by atoms with Crippen LogP contribution in [0.15, 0.2) is 48.5 Å². The van der Waals surface area contributed by atoms with Crippen LogP contribution in [0.2, 0.25) is 0 Å². The number of imidazole rings is 1. The molecule has 0 aliphatic carbocycles. The van der Waals surface area contributed by atoms with Crippen molar-refractivity contribution in [3.63, 3.8) is 0 Å². The van der Waals surface area contributed by atoms with Crippen molar-refractivity contribution in [2.75, 3.05) is 51.9 Å². The van der Waals surface area contributed by atoms with Gasteiger partial charge in [-0.05, 0) is 89.1 Å². The van der Waals surface area contributed by atoms with E-state index in [1.807, 2.05) is 43.9 Å². The third-order valence-electron chi connectivity index (χ3n) is 9.51. The predicted molar refractivity (Wildman–Crippen MR) is 190 cm³/mol. The molecule has 2 saturated heterocycles. The van der Waals surface area contributed by atoms with Crippen LogP contribution in [-0.4, -0.2) is 91.1 Å². The number of esters is 1. The van der Waals surface area contributed by atoms with Crippen LogP contribution in [0.4, 0.5) is 10.5 Å². The number of rotatable bonds is 12. The molecule has 0 bridgehead atoms. The maximum atomic E-state index is 13.9. The number of carbonyl (C=O) groups is 3. The Kier molecular flexibility index (Phi) is 12.2. The Labute approximate surface area is 290 Å². The number of fused-ring (bicyclic) bond motifs is 1. The molecule has 2 amide bonds. The van der Waals surface area contributed by atoms with E-state index in [1.54, 1.807) is 7.11 Å². The van der Waals surface area contributed by atoms with Gasteiger partial charge in [-0.15, -0.1) is 0 Å². The minimum absolute atomic E-state index is 0.0119. The fraction of sp³-hybridized carbons (Fsp3) is 0.579. The molecule has 2 fully saturated rings. The lowest BCUT2D eigenvalue weighted by Gasteiger charge is -2.34. The number of anilines is 1. The number of hydrogen-bond donors (Lipinski definition) is 1. The highest BCUT2D eigenvalue weighted by Gasteiger charge is 2.31. The lowest BCUT2D eigenvalue weighted by molar-refractivity contribution is -0.146. The molecule has 2 aliphatic heterocycles. The first-order valence-corrected chi connectivity index (χ1v) is 17.7. The van der Waals surface area contributed by atoms with E-state index in [1.165, 1.54) is 7.11 Å². The molecular formula is C38H53N5O6. The number of nitrogens with one attached hydrogen (secondary N) is 1. The number of aromatic nitrogens is 2. The molecule has 3 aromatic rings. The van der Waals surface area contributed by atoms with E-state index in [2.05, 4.69) is 45.1 Å². The monoisotopic (exact) mass is 675 g/mol. The van der Waals surface area contributed by atoms with E-state index in [9.17, 15) is 14.4 Å². The van der Waals surface area contributed by atoms with Crippen molar-refractivity contribution < 1.29 is 28.6 Å². The molecule has 0 spiro atoms. The maximum absolute atomic E-state index is 13.9. The minimum atomic E-state index is -0.656. The summed E-state index contributed by atoms with van der Waals surface area (Å²) < 4.78 is 18.1. The Hall–Kier alpha value is -4.12. The number of carbonyl (C=O) groups excluding carboxylic acids is 3. The number of aryl methyl sites for hydroxylation is 1. The third kappa shape index (κ3) is 9.74. The first kappa shape index (κ1) is 36.2. The molecule has 0 unspecified atom stereocenters. The Bertz CT molecular complexity index is 1560. The van der Waals surface area contributed by atoms with Crippen molar-refractivity contribution >= 4 is 34.7 Å². The van der Waals surface area contributed by atoms with Crippen LogP contribution < -0.4 is 10.2 Å². The van der Waals surface area contributed by atoms with Crippen molar-refractivity contribution in [3.05, 3.63) is 59.9 Å². The van der Waals surface area contributed by atoms with Crippen LogP contribution in [0.25, 0.3) is 11.0 Å². The van der Waals surface area contributed by atoms with E-state index in [0.29, 0.717) is 26.1 Å². The Balaban J connectivity index is 1.26. The van der Waals surface area contributed by atoms with E-state index < -0.39 is 17.7 Å². The van der Waals surface area contributed by atoms with E-state index >= 15 is 0 Å². The third-order valence-corrected chi connectivity index (χ3v) is 9.51. The molecule has 2 aromatic carbocycles. The van der Waals surface area contributed by atoms with Gasteiger partial charge in [0, 0.05) is 70.5 Å². The lowest BCUT2D eigenvalue weighted by atomic mass is 9.95. The SMILES string of the molecule is COCCCn1c([C@@H]2CCCN(C(=O)C[C@@H](Cc3ccc(N4CCC(C(=O)OC)CC4)cc3)NC(=O)OC(C)(C)C)C2)nc2ccccc21. The van der Waals surface area contributed by atoms with Crippen LogP contribution in [0.5, 0.6) is 0 Å². The highest BCUT2D eigenvalue weighted by Crippen LogP contribution is 2.31. The summed E-state index contributed by atoms with van der Waals surface area (Å²) in [7, 11) is 3.16. The highest BCUT2D eigenvalue weighted by atomic mass is 16.6. The number of para-hydroxylation sites is 2. The fourth-order valence-corrected chi connectivity index (χ4v) is 7.08. The number of amides is 2. The second-order valence-corrected chi connectivity index (χ2v) is 14.3. The quantitative estimate of drug-likeness (QED) is 0.192. The molecule has 2 aliphatic rings. The molecule has 49 heavy (non-hydrogen) atoms. The molecule has 2 atom stereocenters.